The maximum absolute atomic E-state index is 11.4. The largest absolute Gasteiger partial charge is 0.352 e. The van der Waals surface area contributed by atoms with E-state index in [2.05, 4.69) is 22.4 Å². The fraction of sp³-hybridized carbons (Fsp3) is 0.750. The molecule has 1 aliphatic carbocycles. The normalized spacial score (nSPS) is 28.1. The van der Waals surface area contributed by atoms with Crippen LogP contribution < -0.4 is 11.1 Å². The lowest BCUT2D eigenvalue weighted by molar-refractivity contribution is 0.0950. The van der Waals surface area contributed by atoms with Crippen LogP contribution >= 0.6 is 0 Å². The number of amides is 1. The van der Waals surface area contributed by atoms with E-state index in [0.717, 1.165) is 25.7 Å². The molecule has 100 valence electrons. The summed E-state index contributed by atoms with van der Waals surface area (Å²) in [7, 11) is 1.54. The van der Waals surface area contributed by atoms with Crippen molar-refractivity contribution in [3.8, 4) is 0 Å². The molecule has 0 atom stereocenters. The molecular weight excluding hydrogens is 232 g/mol. The fourth-order valence-electron chi connectivity index (χ4n) is 2.46. The lowest BCUT2D eigenvalue weighted by Crippen LogP contribution is -2.39. The molecule has 1 aromatic rings. The smallest absolute Gasteiger partial charge is 0.292 e. The number of nitrogens with two attached hydrogens (primary N) is 1. The van der Waals surface area contributed by atoms with Crippen molar-refractivity contribution in [1.29, 1.82) is 0 Å². The van der Waals surface area contributed by atoms with Crippen molar-refractivity contribution in [2.24, 2.45) is 11.7 Å². The molecule has 3 N–H and O–H groups in total. The van der Waals surface area contributed by atoms with E-state index < -0.39 is 0 Å². The minimum Gasteiger partial charge on any atom is -0.352 e. The van der Waals surface area contributed by atoms with Gasteiger partial charge in [0, 0.05) is 13.6 Å². The van der Waals surface area contributed by atoms with Crippen LogP contribution in [0.4, 0.5) is 0 Å². The van der Waals surface area contributed by atoms with Crippen molar-refractivity contribution >= 4 is 5.91 Å². The predicted octanol–water partition coefficient (Wildman–Crippen LogP) is 0.836. The van der Waals surface area contributed by atoms with Crippen LogP contribution in [0, 0.1) is 5.92 Å². The monoisotopic (exact) mass is 252 g/mol. The summed E-state index contributed by atoms with van der Waals surface area (Å²) in [6.07, 6.45) is 4.10. The second-order valence-electron chi connectivity index (χ2n) is 5.17. The molecule has 1 aliphatic rings. The zero-order valence-electron chi connectivity index (χ0n) is 10.9. The molecule has 1 heterocycles. The van der Waals surface area contributed by atoms with E-state index in [-0.39, 0.29) is 17.1 Å². The van der Waals surface area contributed by atoms with E-state index in [1.54, 1.807) is 7.05 Å². The first-order valence-electron chi connectivity index (χ1n) is 6.37. The molecule has 0 spiro atoms. The van der Waals surface area contributed by atoms with E-state index in [0.29, 0.717) is 18.4 Å². The Morgan fingerprint density at radius 3 is 2.78 bits per heavy atom. The van der Waals surface area contributed by atoms with Gasteiger partial charge in [0.1, 0.15) is 0 Å². The molecule has 0 radical (unpaired) electrons. The highest BCUT2D eigenvalue weighted by Crippen LogP contribution is 2.39. The lowest BCUT2D eigenvalue weighted by atomic mass is 9.71. The van der Waals surface area contributed by atoms with E-state index in [1.807, 2.05) is 0 Å². The molecule has 6 nitrogen and oxygen atoms in total. The summed E-state index contributed by atoms with van der Waals surface area (Å²) >= 11 is 0. The molecule has 1 aromatic heterocycles. The van der Waals surface area contributed by atoms with E-state index in [9.17, 15) is 4.79 Å². The highest BCUT2D eigenvalue weighted by Gasteiger charge is 2.40. The van der Waals surface area contributed by atoms with Crippen LogP contribution in [0.5, 0.6) is 0 Å². The topological polar surface area (TPSA) is 94.0 Å². The van der Waals surface area contributed by atoms with Gasteiger partial charge in [0.15, 0.2) is 0 Å². The minimum atomic E-state index is -0.332. The van der Waals surface area contributed by atoms with Gasteiger partial charge in [0.05, 0.1) is 5.41 Å². The third-order valence-electron chi connectivity index (χ3n) is 3.93. The maximum Gasteiger partial charge on any atom is 0.292 e. The van der Waals surface area contributed by atoms with Gasteiger partial charge in [-0.05, 0) is 31.6 Å². The second-order valence-corrected chi connectivity index (χ2v) is 5.17. The summed E-state index contributed by atoms with van der Waals surface area (Å²) in [5, 5.41) is 6.20. The molecule has 1 amide bonds. The van der Waals surface area contributed by atoms with Gasteiger partial charge in [-0.25, -0.2) is 0 Å². The zero-order chi connectivity index (χ0) is 13.2. The summed E-state index contributed by atoms with van der Waals surface area (Å²) in [5.74, 6) is 0.974. The SMILES string of the molecule is CNC(=O)c1noc(C2(CN)CCC(C)CC2)n1. The maximum atomic E-state index is 11.4. The number of nitrogens with zero attached hydrogens (tertiary/aromatic N) is 2. The van der Waals surface area contributed by atoms with Crippen molar-refractivity contribution in [3.63, 3.8) is 0 Å². The average molecular weight is 252 g/mol. The van der Waals surface area contributed by atoms with Crippen molar-refractivity contribution in [3.05, 3.63) is 11.7 Å². The predicted molar refractivity (Wildman–Crippen MR) is 66.1 cm³/mol. The van der Waals surface area contributed by atoms with Crippen molar-refractivity contribution in [2.45, 2.75) is 38.0 Å². The molecular formula is C12H20N4O2. The zero-order valence-corrected chi connectivity index (χ0v) is 10.9. The standard InChI is InChI=1S/C12H20N4O2/c1-8-3-5-12(7-13,6-4-8)11-15-9(16-18-11)10(17)14-2/h8H,3-7,13H2,1-2H3,(H,14,17). The number of hydrogen-bond acceptors (Lipinski definition) is 5. The Kier molecular flexibility index (Phi) is 3.65. The summed E-state index contributed by atoms with van der Waals surface area (Å²) in [6.45, 7) is 2.72. The first-order valence-corrected chi connectivity index (χ1v) is 6.37. The van der Waals surface area contributed by atoms with Crippen LogP contribution in [-0.2, 0) is 5.41 Å². The van der Waals surface area contributed by atoms with Crippen LogP contribution in [-0.4, -0.2) is 29.6 Å². The first kappa shape index (κ1) is 13.0. The molecule has 0 aromatic carbocycles. The van der Waals surface area contributed by atoms with Crippen LogP contribution in [0.3, 0.4) is 0 Å². The van der Waals surface area contributed by atoms with E-state index in [4.69, 9.17) is 10.3 Å². The number of carbonyl (C=O) groups excluding carboxylic acids is 1. The summed E-state index contributed by atoms with van der Waals surface area (Å²) < 4.78 is 5.25. The second kappa shape index (κ2) is 5.06. The number of carbonyl (C=O) groups is 1. The highest BCUT2D eigenvalue weighted by molar-refractivity contribution is 5.89. The summed E-state index contributed by atoms with van der Waals surface area (Å²) in [6, 6.07) is 0. The van der Waals surface area contributed by atoms with E-state index >= 15 is 0 Å². The van der Waals surface area contributed by atoms with Crippen molar-refractivity contribution in [1.82, 2.24) is 15.5 Å². The highest BCUT2D eigenvalue weighted by atomic mass is 16.5. The molecule has 6 heteroatoms. The van der Waals surface area contributed by atoms with Crippen LogP contribution in [0.25, 0.3) is 0 Å². The van der Waals surface area contributed by atoms with Gasteiger partial charge in [-0.1, -0.05) is 12.1 Å². The van der Waals surface area contributed by atoms with E-state index in [1.165, 1.54) is 0 Å². The Morgan fingerprint density at radius 2 is 2.22 bits per heavy atom. The minimum absolute atomic E-state index is 0.0824. The van der Waals surface area contributed by atoms with Crippen LogP contribution in [0.1, 0.15) is 49.1 Å². The Bertz CT molecular complexity index is 421. The Balaban J connectivity index is 2.22. The lowest BCUT2D eigenvalue weighted by Gasteiger charge is -2.35. The van der Waals surface area contributed by atoms with Gasteiger partial charge in [0.25, 0.3) is 11.7 Å². The number of rotatable bonds is 3. The summed E-state index contributed by atoms with van der Waals surface area (Å²) in [5.41, 5.74) is 5.66. The van der Waals surface area contributed by atoms with Gasteiger partial charge in [-0.3, -0.25) is 4.79 Å². The molecule has 1 fully saturated rings. The number of aromatic nitrogens is 2. The molecule has 0 unspecified atom stereocenters. The van der Waals surface area contributed by atoms with Gasteiger partial charge < -0.3 is 15.6 Å². The third kappa shape index (κ3) is 2.25. The molecule has 1 saturated carbocycles. The quantitative estimate of drug-likeness (QED) is 0.831. The first-order chi connectivity index (χ1) is 8.61. The van der Waals surface area contributed by atoms with Gasteiger partial charge in [0.2, 0.25) is 5.89 Å². The molecule has 0 aliphatic heterocycles. The molecule has 0 saturated heterocycles. The Morgan fingerprint density at radius 1 is 1.56 bits per heavy atom. The third-order valence-corrected chi connectivity index (χ3v) is 3.93. The molecule has 2 rings (SSSR count). The number of hydrogen-bond donors (Lipinski definition) is 2. The van der Waals surface area contributed by atoms with Crippen molar-refractivity contribution < 1.29 is 9.32 Å². The Hall–Kier alpha value is -1.43. The van der Waals surface area contributed by atoms with Crippen LogP contribution in [0.2, 0.25) is 0 Å². The van der Waals surface area contributed by atoms with Crippen LogP contribution in [0.15, 0.2) is 4.52 Å². The van der Waals surface area contributed by atoms with Gasteiger partial charge >= 0.3 is 0 Å². The average Bonchev–Trinajstić information content (AvgIpc) is 2.89. The molecule has 0 bridgehead atoms. The fourth-order valence-corrected chi connectivity index (χ4v) is 2.46. The molecule has 18 heavy (non-hydrogen) atoms. The number of nitrogens with one attached hydrogen (secondary N) is 1. The van der Waals surface area contributed by atoms with Crippen molar-refractivity contribution in [2.75, 3.05) is 13.6 Å². The Labute approximate surface area is 106 Å². The van der Waals surface area contributed by atoms with Gasteiger partial charge in [-0.2, -0.15) is 4.98 Å². The summed E-state index contributed by atoms with van der Waals surface area (Å²) in [4.78, 5) is 15.6. The van der Waals surface area contributed by atoms with Gasteiger partial charge in [-0.15, -0.1) is 0 Å².